The fourth-order valence-corrected chi connectivity index (χ4v) is 0.966. The van der Waals surface area contributed by atoms with E-state index in [1.54, 1.807) is 0 Å². The smallest absolute Gasteiger partial charge is 0.163 e. The number of hydrogen-bond donors (Lipinski definition) is 2. The standard InChI is InChI=1S/C9H18O3/c1-3-4-5-6-8(11)9(12)7(2)10/h7,9-10,12H,3-6H2,1-2H3. The first-order chi connectivity index (χ1) is 5.59. The number of unbranched alkanes of at least 4 members (excludes halogenated alkanes) is 2. The van der Waals surface area contributed by atoms with Crippen LogP contribution >= 0.6 is 0 Å². The molecule has 2 N–H and O–H groups in total. The van der Waals surface area contributed by atoms with Gasteiger partial charge in [-0.2, -0.15) is 0 Å². The highest BCUT2D eigenvalue weighted by Crippen LogP contribution is 2.04. The summed E-state index contributed by atoms with van der Waals surface area (Å²) in [5, 5.41) is 18.0. The molecule has 12 heavy (non-hydrogen) atoms. The van der Waals surface area contributed by atoms with E-state index in [1.807, 2.05) is 0 Å². The largest absolute Gasteiger partial charge is 0.390 e. The molecule has 0 aliphatic rings. The molecule has 0 saturated heterocycles. The highest BCUT2D eigenvalue weighted by molar-refractivity contribution is 5.83. The Balaban J connectivity index is 3.57. The van der Waals surface area contributed by atoms with E-state index in [-0.39, 0.29) is 5.78 Å². The van der Waals surface area contributed by atoms with Gasteiger partial charge in [0.25, 0.3) is 0 Å². The molecule has 0 aliphatic carbocycles. The number of carbonyl (C=O) groups is 1. The summed E-state index contributed by atoms with van der Waals surface area (Å²) in [6.45, 7) is 3.47. The van der Waals surface area contributed by atoms with Crippen molar-refractivity contribution in [3.05, 3.63) is 0 Å². The molecule has 0 radical (unpaired) electrons. The van der Waals surface area contributed by atoms with Gasteiger partial charge in [0.1, 0.15) is 6.10 Å². The number of carbonyl (C=O) groups excluding carboxylic acids is 1. The summed E-state index contributed by atoms with van der Waals surface area (Å²) in [7, 11) is 0. The van der Waals surface area contributed by atoms with E-state index in [0.29, 0.717) is 6.42 Å². The highest BCUT2D eigenvalue weighted by atomic mass is 16.3. The Hall–Kier alpha value is -0.410. The lowest BCUT2D eigenvalue weighted by atomic mass is 10.0. The van der Waals surface area contributed by atoms with Crippen molar-refractivity contribution in [2.24, 2.45) is 0 Å². The first-order valence-electron chi connectivity index (χ1n) is 4.48. The fraction of sp³-hybridized carbons (Fsp3) is 0.889. The van der Waals surface area contributed by atoms with E-state index >= 15 is 0 Å². The summed E-state index contributed by atoms with van der Waals surface area (Å²) in [5.74, 6) is -0.251. The van der Waals surface area contributed by atoms with Crippen molar-refractivity contribution in [1.82, 2.24) is 0 Å². The lowest BCUT2D eigenvalue weighted by Gasteiger charge is -2.11. The topological polar surface area (TPSA) is 57.5 Å². The third-order valence-corrected chi connectivity index (χ3v) is 1.81. The summed E-state index contributed by atoms with van der Waals surface area (Å²) >= 11 is 0. The van der Waals surface area contributed by atoms with Crippen LogP contribution in [0.4, 0.5) is 0 Å². The molecule has 3 heteroatoms. The van der Waals surface area contributed by atoms with Gasteiger partial charge in [-0.05, 0) is 13.3 Å². The summed E-state index contributed by atoms with van der Waals surface area (Å²) in [5.41, 5.74) is 0. The van der Waals surface area contributed by atoms with Crippen molar-refractivity contribution in [3.8, 4) is 0 Å². The van der Waals surface area contributed by atoms with Crippen LogP contribution in [0.3, 0.4) is 0 Å². The van der Waals surface area contributed by atoms with E-state index in [0.717, 1.165) is 19.3 Å². The Labute approximate surface area is 73.4 Å². The van der Waals surface area contributed by atoms with E-state index in [2.05, 4.69) is 6.92 Å². The molecule has 0 rings (SSSR count). The van der Waals surface area contributed by atoms with Crippen molar-refractivity contribution in [2.75, 3.05) is 0 Å². The van der Waals surface area contributed by atoms with Gasteiger partial charge in [0.2, 0.25) is 0 Å². The Kier molecular flexibility index (Phi) is 5.93. The highest BCUT2D eigenvalue weighted by Gasteiger charge is 2.18. The predicted octanol–water partition coefficient (Wildman–Crippen LogP) is 0.877. The van der Waals surface area contributed by atoms with Crippen LogP contribution in [0.5, 0.6) is 0 Å². The average molecular weight is 174 g/mol. The second-order valence-corrected chi connectivity index (χ2v) is 3.11. The Morgan fingerprint density at radius 3 is 2.33 bits per heavy atom. The summed E-state index contributed by atoms with van der Waals surface area (Å²) in [6.07, 6.45) is 1.09. The lowest BCUT2D eigenvalue weighted by molar-refractivity contribution is -0.132. The van der Waals surface area contributed by atoms with Crippen LogP contribution in [-0.2, 0) is 4.79 Å². The summed E-state index contributed by atoms with van der Waals surface area (Å²) < 4.78 is 0. The molecule has 0 aromatic heterocycles. The number of hydrogen-bond acceptors (Lipinski definition) is 3. The molecule has 2 atom stereocenters. The fourth-order valence-electron chi connectivity index (χ4n) is 0.966. The molecule has 0 bridgehead atoms. The molecule has 0 fully saturated rings. The molecule has 0 saturated carbocycles. The maximum Gasteiger partial charge on any atom is 0.163 e. The van der Waals surface area contributed by atoms with Crippen molar-refractivity contribution in [1.29, 1.82) is 0 Å². The van der Waals surface area contributed by atoms with Crippen LogP contribution in [0.2, 0.25) is 0 Å². The normalized spacial score (nSPS) is 15.7. The minimum absolute atomic E-state index is 0.251. The minimum Gasteiger partial charge on any atom is -0.390 e. The van der Waals surface area contributed by atoms with Crippen molar-refractivity contribution in [3.63, 3.8) is 0 Å². The maximum atomic E-state index is 11.0. The van der Waals surface area contributed by atoms with E-state index in [1.165, 1.54) is 6.92 Å². The van der Waals surface area contributed by atoms with Crippen molar-refractivity contribution >= 4 is 5.78 Å². The Bertz CT molecular complexity index is 132. The molecule has 0 amide bonds. The Morgan fingerprint density at radius 1 is 1.33 bits per heavy atom. The van der Waals surface area contributed by atoms with Crippen LogP contribution in [0.15, 0.2) is 0 Å². The zero-order valence-corrected chi connectivity index (χ0v) is 7.79. The molecular formula is C9H18O3. The second-order valence-electron chi connectivity index (χ2n) is 3.11. The molecule has 2 unspecified atom stereocenters. The number of ketones is 1. The zero-order chi connectivity index (χ0) is 9.56. The van der Waals surface area contributed by atoms with Crippen LogP contribution < -0.4 is 0 Å². The maximum absolute atomic E-state index is 11.0. The quantitative estimate of drug-likeness (QED) is 0.588. The van der Waals surface area contributed by atoms with Gasteiger partial charge in [-0.3, -0.25) is 4.79 Å². The minimum atomic E-state index is -1.19. The second kappa shape index (κ2) is 6.14. The molecule has 0 aliphatic heterocycles. The van der Waals surface area contributed by atoms with Gasteiger partial charge in [-0.25, -0.2) is 0 Å². The monoisotopic (exact) mass is 174 g/mol. The molecule has 72 valence electrons. The molecule has 0 aromatic carbocycles. The summed E-state index contributed by atoms with van der Waals surface area (Å²) in [4.78, 5) is 11.0. The molecular weight excluding hydrogens is 156 g/mol. The van der Waals surface area contributed by atoms with Crippen LogP contribution in [0, 0.1) is 0 Å². The summed E-state index contributed by atoms with van der Waals surface area (Å²) in [6, 6.07) is 0. The first kappa shape index (κ1) is 11.6. The van der Waals surface area contributed by atoms with Gasteiger partial charge < -0.3 is 10.2 Å². The first-order valence-corrected chi connectivity index (χ1v) is 4.48. The number of aliphatic hydroxyl groups is 2. The average Bonchev–Trinajstić information content (AvgIpc) is 2.03. The SMILES string of the molecule is CCCCCC(=O)C(O)C(C)O. The van der Waals surface area contributed by atoms with Crippen molar-refractivity contribution in [2.45, 2.75) is 51.7 Å². The molecule has 0 aromatic rings. The third kappa shape index (κ3) is 4.46. The van der Waals surface area contributed by atoms with Gasteiger partial charge >= 0.3 is 0 Å². The Morgan fingerprint density at radius 2 is 1.92 bits per heavy atom. The van der Waals surface area contributed by atoms with E-state index in [9.17, 15) is 4.79 Å². The van der Waals surface area contributed by atoms with Gasteiger partial charge in [-0.1, -0.05) is 19.8 Å². The lowest BCUT2D eigenvalue weighted by Crippen LogP contribution is -2.31. The van der Waals surface area contributed by atoms with Crippen LogP contribution in [0.25, 0.3) is 0 Å². The number of Topliss-reactive ketones (excluding diaryl/α,β-unsaturated/α-hetero) is 1. The zero-order valence-electron chi connectivity index (χ0n) is 7.79. The van der Waals surface area contributed by atoms with Crippen LogP contribution in [0.1, 0.15) is 39.5 Å². The van der Waals surface area contributed by atoms with Crippen molar-refractivity contribution < 1.29 is 15.0 Å². The van der Waals surface area contributed by atoms with Gasteiger partial charge in [0.15, 0.2) is 5.78 Å². The van der Waals surface area contributed by atoms with E-state index in [4.69, 9.17) is 10.2 Å². The molecule has 0 heterocycles. The van der Waals surface area contributed by atoms with Gasteiger partial charge in [-0.15, -0.1) is 0 Å². The van der Waals surface area contributed by atoms with Crippen LogP contribution in [-0.4, -0.2) is 28.2 Å². The number of rotatable bonds is 6. The predicted molar refractivity (Wildman–Crippen MR) is 46.8 cm³/mol. The van der Waals surface area contributed by atoms with Gasteiger partial charge in [0.05, 0.1) is 6.10 Å². The van der Waals surface area contributed by atoms with Gasteiger partial charge in [0, 0.05) is 6.42 Å². The molecule has 0 spiro atoms. The third-order valence-electron chi connectivity index (χ3n) is 1.81. The molecule has 3 nitrogen and oxygen atoms in total. The number of aliphatic hydroxyl groups excluding tert-OH is 2. The van der Waals surface area contributed by atoms with E-state index < -0.39 is 12.2 Å².